The molecule has 0 fully saturated rings. The van der Waals surface area contributed by atoms with E-state index in [4.69, 9.17) is 0 Å². The van der Waals surface area contributed by atoms with Crippen molar-refractivity contribution in [3.05, 3.63) is 36.0 Å². The third-order valence-electron chi connectivity index (χ3n) is 1.05. The standard InChI is InChI=1S/C7H4F3.ClH.Mn/c8-7(9,10)6-4-2-1-3-5-6;;/h2-5H;1H;/p-1. The van der Waals surface area contributed by atoms with Crippen LogP contribution in [0.2, 0.25) is 0 Å². The van der Waals surface area contributed by atoms with Crippen molar-refractivity contribution in [3.63, 3.8) is 0 Å². The van der Waals surface area contributed by atoms with Crippen LogP contribution in [0.15, 0.2) is 29.5 Å². The van der Waals surface area contributed by atoms with Gasteiger partial charge in [0, 0.05) is 29.1 Å². The van der Waals surface area contributed by atoms with E-state index in [1.165, 1.54) is 12.2 Å². The minimum absolute atomic E-state index is 0. The molecule has 1 rings (SSSR count). The van der Waals surface area contributed by atoms with E-state index >= 15 is 0 Å². The molecule has 68 valence electrons. The SMILES string of the molecule is FC(F)(F)C1=CC=C=C[CH]1.[Cl-].[Mn]. The van der Waals surface area contributed by atoms with Crippen molar-refractivity contribution in [2.24, 2.45) is 0 Å². The van der Waals surface area contributed by atoms with Crippen LogP contribution in [-0.2, 0) is 17.1 Å². The smallest absolute Gasteiger partial charge is 0.413 e. The molecule has 0 aliphatic heterocycles. The predicted octanol–water partition coefficient (Wildman–Crippen LogP) is -0.594. The fourth-order valence-electron chi connectivity index (χ4n) is 0.576. The monoisotopic (exact) mass is 235 g/mol. The van der Waals surface area contributed by atoms with Crippen molar-refractivity contribution < 1.29 is 42.6 Å². The molecule has 0 heterocycles. The minimum atomic E-state index is -4.23. The van der Waals surface area contributed by atoms with Gasteiger partial charge in [0.15, 0.2) is 0 Å². The van der Waals surface area contributed by atoms with Gasteiger partial charge in [-0.25, -0.2) is 0 Å². The molecular formula is C7H4ClF3Mn-. The summed E-state index contributed by atoms with van der Waals surface area (Å²) in [4.78, 5) is 0. The van der Waals surface area contributed by atoms with Crippen LogP contribution in [0.25, 0.3) is 0 Å². The molecule has 0 N–H and O–H groups in total. The van der Waals surface area contributed by atoms with Gasteiger partial charge in [-0.05, 0) is 18.2 Å². The summed E-state index contributed by atoms with van der Waals surface area (Å²) in [6.45, 7) is 0. The topological polar surface area (TPSA) is 0 Å². The van der Waals surface area contributed by atoms with E-state index in [9.17, 15) is 13.2 Å². The number of hydrogen-bond acceptors (Lipinski definition) is 0. The maximum atomic E-state index is 11.8. The van der Waals surface area contributed by atoms with Crippen molar-refractivity contribution in [1.29, 1.82) is 0 Å². The normalized spacial score (nSPS) is 14.4. The second-order valence-electron chi connectivity index (χ2n) is 1.79. The molecule has 0 unspecified atom stereocenters. The number of allylic oxidation sites excluding steroid dienone is 3. The van der Waals surface area contributed by atoms with E-state index in [2.05, 4.69) is 5.73 Å². The Kier molecular flexibility index (Phi) is 6.59. The number of alkyl halides is 3. The maximum Gasteiger partial charge on any atom is 0.413 e. The molecule has 0 saturated heterocycles. The first-order valence-electron chi connectivity index (χ1n) is 2.64. The van der Waals surface area contributed by atoms with Gasteiger partial charge >= 0.3 is 6.18 Å². The fraction of sp³-hybridized carbons (Fsp3) is 0.143. The second kappa shape index (κ2) is 5.50. The molecule has 0 nitrogen and oxygen atoms in total. The van der Waals surface area contributed by atoms with E-state index < -0.39 is 11.7 Å². The summed E-state index contributed by atoms with van der Waals surface area (Å²) < 4.78 is 35.3. The van der Waals surface area contributed by atoms with Crippen LogP contribution in [-0.4, -0.2) is 6.18 Å². The van der Waals surface area contributed by atoms with Gasteiger partial charge in [-0.15, -0.1) is 5.73 Å². The van der Waals surface area contributed by atoms with E-state index in [1.807, 2.05) is 0 Å². The molecule has 1 aliphatic rings. The van der Waals surface area contributed by atoms with Gasteiger partial charge in [0.05, 0.1) is 0 Å². The average molecular weight is 235 g/mol. The molecule has 0 atom stereocenters. The summed E-state index contributed by atoms with van der Waals surface area (Å²) in [5.74, 6) is 0. The van der Waals surface area contributed by atoms with Crippen molar-refractivity contribution in [2.45, 2.75) is 6.18 Å². The molecule has 1 aliphatic carbocycles. The Bertz CT molecular complexity index is 223. The zero-order chi connectivity index (χ0) is 7.61. The summed E-state index contributed by atoms with van der Waals surface area (Å²) in [6, 6.07) is 0. The molecule has 0 aromatic heterocycles. The summed E-state index contributed by atoms with van der Waals surface area (Å²) in [7, 11) is 0. The van der Waals surface area contributed by atoms with Gasteiger partial charge in [-0.1, -0.05) is 0 Å². The van der Waals surface area contributed by atoms with E-state index in [0.717, 1.165) is 12.5 Å². The molecule has 12 heavy (non-hydrogen) atoms. The average Bonchev–Trinajstić information content (AvgIpc) is 1.88. The summed E-state index contributed by atoms with van der Waals surface area (Å²) in [5, 5.41) is 0. The fourth-order valence-corrected chi connectivity index (χ4v) is 0.576. The largest absolute Gasteiger partial charge is 1.00 e. The first kappa shape index (κ1) is 14.4. The Morgan fingerprint density at radius 2 is 1.75 bits per heavy atom. The Labute approximate surface area is 85.1 Å². The molecule has 5 heteroatoms. The van der Waals surface area contributed by atoms with Crippen LogP contribution in [0.4, 0.5) is 13.2 Å². The van der Waals surface area contributed by atoms with Gasteiger partial charge in [0.25, 0.3) is 0 Å². The number of halogens is 4. The number of hydrogen-bond donors (Lipinski definition) is 0. The second-order valence-corrected chi connectivity index (χ2v) is 1.79. The van der Waals surface area contributed by atoms with Crippen LogP contribution >= 0.6 is 0 Å². The molecule has 0 aromatic carbocycles. The summed E-state index contributed by atoms with van der Waals surface area (Å²) in [5.41, 5.74) is 1.87. The van der Waals surface area contributed by atoms with Crippen LogP contribution in [0.1, 0.15) is 0 Å². The van der Waals surface area contributed by atoms with Crippen LogP contribution < -0.4 is 12.4 Å². The third-order valence-corrected chi connectivity index (χ3v) is 1.05. The van der Waals surface area contributed by atoms with Gasteiger partial charge in [-0.2, -0.15) is 13.2 Å². The Morgan fingerprint density at radius 1 is 1.17 bits per heavy atom. The first-order valence-corrected chi connectivity index (χ1v) is 2.64. The number of rotatable bonds is 0. The van der Waals surface area contributed by atoms with Crippen molar-refractivity contribution >= 4 is 0 Å². The van der Waals surface area contributed by atoms with Crippen molar-refractivity contribution in [3.8, 4) is 0 Å². The minimum Gasteiger partial charge on any atom is -1.00 e. The quantitative estimate of drug-likeness (QED) is 0.389. The van der Waals surface area contributed by atoms with Crippen molar-refractivity contribution in [1.82, 2.24) is 0 Å². The molecular weight excluding hydrogens is 231 g/mol. The molecule has 0 aromatic rings. The van der Waals surface area contributed by atoms with Gasteiger partial charge in [0.1, 0.15) is 0 Å². The van der Waals surface area contributed by atoms with Gasteiger partial charge < -0.3 is 12.4 Å². The zero-order valence-corrected chi connectivity index (χ0v) is 7.64. The Morgan fingerprint density at radius 3 is 2.00 bits per heavy atom. The molecule has 0 saturated carbocycles. The van der Waals surface area contributed by atoms with Crippen LogP contribution in [0, 0.1) is 6.42 Å². The van der Waals surface area contributed by atoms with E-state index in [1.54, 1.807) is 0 Å². The molecule has 0 amide bonds. The van der Waals surface area contributed by atoms with E-state index in [-0.39, 0.29) is 29.5 Å². The van der Waals surface area contributed by atoms with Crippen molar-refractivity contribution in [2.75, 3.05) is 0 Å². The predicted molar refractivity (Wildman–Crippen MR) is 31.1 cm³/mol. The van der Waals surface area contributed by atoms with Crippen LogP contribution in [0.3, 0.4) is 0 Å². The first-order chi connectivity index (χ1) is 4.61. The molecule has 0 spiro atoms. The van der Waals surface area contributed by atoms with Gasteiger partial charge in [0.2, 0.25) is 0 Å². The Hall–Kier alpha value is -0.141. The summed E-state index contributed by atoms with van der Waals surface area (Å²) in [6.07, 6.45) is 0.223. The van der Waals surface area contributed by atoms with Crippen LogP contribution in [0.5, 0.6) is 0 Å². The van der Waals surface area contributed by atoms with Gasteiger partial charge in [-0.3, -0.25) is 0 Å². The third kappa shape index (κ3) is 4.03. The Balaban J connectivity index is 0. The zero-order valence-electron chi connectivity index (χ0n) is 5.70. The van der Waals surface area contributed by atoms with E-state index in [0.29, 0.717) is 0 Å². The molecule has 2 radical (unpaired) electrons. The maximum absolute atomic E-state index is 11.8. The molecule has 0 bridgehead atoms. The summed E-state index contributed by atoms with van der Waals surface area (Å²) >= 11 is 0.